The molecule has 20 heavy (non-hydrogen) atoms. The van der Waals surface area contributed by atoms with Gasteiger partial charge >= 0.3 is 0 Å². The third-order valence-corrected chi connectivity index (χ3v) is 6.06. The molecule has 2 aliphatic rings. The number of nitrogens with one attached hydrogen (secondary N) is 1. The maximum Gasteiger partial charge on any atom is 0.0790 e. The maximum absolute atomic E-state index is 6.35. The van der Waals surface area contributed by atoms with Crippen LogP contribution in [-0.2, 0) is 4.74 Å². The first-order chi connectivity index (χ1) is 9.15. The van der Waals surface area contributed by atoms with Crippen molar-refractivity contribution in [3.05, 3.63) is 0 Å². The SMILES string of the molecule is CNC1C(CN2CC(C)SC(C)C2)C(C)(C)OC1(C)C. The van der Waals surface area contributed by atoms with E-state index in [1.54, 1.807) is 0 Å². The Balaban J connectivity index is 2.10. The molecule has 4 heteroatoms. The van der Waals surface area contributed by atoms with Crippen LogP contribution < -0.4 is 5.32 Å². The number of thioether (sulfide) groups is 1. The third-order valence-electron chi connectivity index (χ3n) is 4.83. The van der Waals surface area contributed by atoms with Gasteiger partial charge in [-0.2, -0.15) is 11.8 Å². The molecular formula is C16H32N2OS. The zero-order valence-electron chi connectivity index (χ0n) is 14.2. The van der Waals surface area contributed by atoms with Gasteiger partial charge in [-0.25, -0.2) is 0 Å². The van der Waals surface area contributed by atoms with E-state index in [1.807, 2.05) is 0 Å². The molecule has 0 saturated carbocycles. The summed E-state index contributed by atoms with van der Waals surface area (Å²) in [6, 6.07) is 0.415. The highest BCUT2D eigenvalue weighted by Gasteiger charge is 2.53. The number of hydrogen-bond donors (Lipinski definition) is 1. The van der Waals surface area contributed by atoms with E-state index in [4.69, 9.17) is 4.74 Å². The summed E-state index contributed by atoms with van der Waals surface area (Å²) in [4.78, 5) is 2.65. The molecule has 2 aliphatic heterocycles. The Morgan fingerprint density at radius 1 is 1.10 bits per heavy atom. The molecule has 4 atom stereocenters. The van der Waals surface area contributed by atoms with Crippen LogP contribution >= 0.6 is 11.8 Å². The predicted molar refractivity (Wildman–Crippen MR) is 88.5 cm³/mol. The van der Waals surface area contributed by atoms with Gasteiger partial charge in [0.25, 0.3) is 0 Å². The Hall–Kier alpha value is 0.230. The second-order valence-electron chi connectivity index (χ2n) is 7.66. The van der Waals surface area contributed by atoms with Crippen LogP contribution in [0.4, 0.5) is 0 Å². The lowest BCUT2D eigenvalue weighted by molar-refractivity contribution is -0.0794. The lowest BCUT2D eigenvalue weighted by atomic mass is 9.82. The minimum absolute atomic E-state index is 0.0613. The van der Waals surface area contributed by atoms with Crippen molar-refractivity contribution in [2.24, 2.45) is 5.92 Å². The van der Waals surface area contributed by atoms with Gasteiger partial charge in [-0.05, 0) is 34.7 Å². The van der Waals surface area contributed by atoms with Crippen molar-refractivity contribution in [2.75, 3.05) is 26.7 Å². The van der Waals surface area contributed by atoms with E-state index in [1.165, 1.54) is 13.1 Å². The van der Waals surface area contributed by atoms with Crippen LogP contribution in [0.2, 0.25) is 0 Å². The first-order valence-corrected chi connectivity index (χ1v) is 8.85. The number of rotatable bonds is 3. The van der Waals surface area contributed by atoms with E-state index < -0.39 is 0 Å². The van der Waals surface area contributed by atoms with Gasteiger partial charge < -0.3 is 15.0 Å². The summed E-state index contributed by atoms with van der Waals surface area (Å²) >= 11 is 2.12. The molecule has 2 saturated heterocycles. The number of nitrogens with zero attached hydrogens (tertiary/aromatic N) is 1. The summed E-state index contributed by atoms with van der Waals surface area (Å²) in [7, 11) is 2.07. The highest BCUT2D eigenvalue weighted by Crippen LogP contribution is 2.43. The first-order valence-electron chi connectivity index (χ1n) is 7.91. The fourth-order valence-electron chi connectivity index (χ4n) is 4.29. The van der Waals surface area contributed by atoms with Crippen molar-refractivity contribution < 1.29 is 4.74 Å². The molecule has 0 radical (unpaired) electrons. The lowest BCUT2D eigenvalue weighted by Crippen LogP contribution is -2.52. The zero-order chi connectivity index (χ0) is 15.1. The summed E-state index contributed by atoms with van der Waals surface area (Å²) in [6.07, 6.45) is 0. The average Bonchev–Trinajstić information content (AvgIpc) is 2.41. The summed E-state index contributed by atoms with van der Waals surface area (Å²) in [5.74, 6) is 0.532. The quantitative estimate of drug-likeness (QED) is 0.866. The Morgan fingerprint density at radius 3 is 2.15 bits per heavy atom. The van der Waals surface area contributed by atoms with E-state index in [-0.39, 0.29) is 11.2 Å². The predicted octanol–water partition coefficient (Wildman–Crippen LogP) is 2.60. The Labute approximate surface area is 129 Å². The van der Waals surface area contributed by atoms with Crippen LogP contribution in [0.1, 0.15) is 41.5 Å². The largest absolute Gasteiger partial charge is 0.368 e. The number of likely N-dealkylation sites (N-methyl/N-ethyl adjacent to an activating group) is 1. The molecule has 2 rings (SSSR count). The lowest BCUT2D eigenvalue weighted by Gasteiger charge is -2.39. The Morgan fingerprint density at radius 2 is 1.65 bits per heavy atom. The fraction of sp³-hybridized carbons (Fsp3) is 1.00. The van der Waals surface area contributed by atoms with E-state index in [0.29, 0.717) is 12.0 Å². The van der Waals surface area contributed by atoms with E-state index >= 15 is 0 Å². The average molecular weight is 301 g/mol. The molecule has 0 aromatic heterocycles. The zero-order valence-corrected chi connectivity index (χ0v) is 15.0. The standard InChI is InChI=1S/C16H32N2OS/c1-11-8-18(9-12(2)20-11)10-13-14(17-7)16(5,6)19-15(13,3)4/h11-14,17H,8-10H2,1-7H3. The molecule has 118 valence electrons. The number of hydrogen-bond acceptors (Lipinski definition) is 4. The van der Waals surface area contributed by atoms with Crippen molar-refractivity contribution in [1.29, 1.82) is 0 Å². The smallest absolute Gasteiger partial charge is 0.0790 e. The minimum atomic E-state index is -0.0926. The molecule has 1 N–H and O–H groups in total. The second-order valence-corrected chi connectivity index (χ2v) is 9.54. The van der Waals surface area contributed by atoms with E-state index in [2.05, 4.69) is 70.6 Å². The monoisotopic (exact) mass is 300 g/mol. The molecule has 0 spiro atoms. The summed E-state index contributed by atoms with van der Waals surface area (Å²) < 4.78 is 6.35. The maximum atomic E-state index is 6.35. The van der Waals surface area contributed by atoms with Crippen LogP contribution in [0, 0.1) is 5.92 Å². The molecule has 0 aromatic carbocycles. The second kappa shape index (κ2) is 5.79. The number of ether oxygens (including phenoxy) is 1. The minimum Gasteiger partial charge on any atom is -0.368 e. The molecule has 2 fully saturated rings. The van der Waals surface area contributed by atoms with Crippen molar-refractivity contribution in [2.45, 2.75) is 69.3 Å². The molecule has 2 heterocycles. The van der Waals surface area contributed by atoms with Crippen molar-refractivity contribution in [3.8, 4) is 0 Å². The van der Waals surface area contributed by atoms with Crippen molar-refractivity contribution in [3.63, 3.8) is 0 Å². The topological polar surface area (TPSA) is 24.5 Å². The molecule has 3 nitrogen and oxygen atoms in total. The van der Waals surface area contributed by atoms with Gasteiger partial charge in [0.15, 0.2) is 0 Å². The summed E-state index contributed by atoms with van der Waals surface area (Å²) in [5, 5.41) is 5.00. The molecule has 0 aromatic rings. The van der Waals surface area contributed by atoms with Gasteiger partial charge in [0, 0.05) is 42.1 Å². The molecular weight excluding hydrogens is 268 g/mol. The van der Waals surface area contributed by atoms with Crippen LogP contribution in [0.15, 0.2) is 0 Å². The van der Waals surface area contributed by atoms with E-state index in [0.717, 1.165) is 17.0 Å². The van der Waals surface area contributed by atoms with Crippen LogP contribution in [0.5, 0.6) is 0 Å². The van der Waals surface area contributed by atoms with Crippen LogP contribution in [-0.4, -0.2) is 59.3 Å². The third kappa shape index (κ3) is 3.34. The van der Waals surface area contributed by atoms with Gasteiger partial charge in [0.2, 0.25) is 0 Å². The van der Waals surface area contributed by atoms with Crippen molar-refractivity contribution in [1.82, 2.24) is 10.2 Å². The Kier molecular flexibility index (Phi) is 4.80. The van der Waals surface area contributed by atoms with Crippen molar-refractivity contribution >= 4 is 11.8 Å². The first kappa shape index (κ1) is 16.6. The molecule has 4 unspecified atom stereocenters. The normalized spacial score (nSPS) is 41.0. The van der Waals surface area contributed by atoms with Crippen LogP contribution in [0.3, 0.4) is 0 Å². The van der Waals surface area contributed by atoms with Gasteiger partial charge in [-0.3, -0.25) is 0 Å². The van der Waals surface area contributed by atoms with Gasteiger partial charge in [-0.1, -0.05) is 13.8 Å². The molecule has 0 bridgehead atoms. The molecule has 0 amide bonds. The molecule has 0 aliphatic carbocycles. The van der Waals surface area contributed by atoms with Gasteiger partial charge in [0.1, 0.15) is 0 Å². The summed E-state index contributed by atoms with van der Waals surface area (Å²) in [5.41, 5.74) is -0.154. The van der Waals surface area contributed by atoms with Crippen LogP contribution in [0.25, 0.3) is 0 Å². The van der Waals surface area contributed by atoms with Gasteiger partial charge in [-0.15, -0.1) is 0 Å². The van der Waals surface area contributed by atoms with E-state index in [9.17, 15) is 0 Å². The Bertz CT molecular complexity index is 335. The van der Waals surface area contributed by atoms with Gasteiger partial charge in [0.05, 0.1) is 11.2 Å². The summed E-state index contributed by atoms with van der Waals surface area (Å²) in [6.45, 7) is 17.2. The highest BCUT2D eigenvalue weighted by atomic mass is 32.2. The fourth-order valence-corrected chi connectivity index (χ4v) is 5.68. The highest BCUT2D eigenvalue weighted by molar-refractivity contribution is 8.00.